The molecule has 0 fully saturated rings. The Bertz CT molecular complexity index is 973. The lowest BCUT2D eigenvalue weighted by Gasteiger charge is -2.08. The largest absolute Gasteiger partial charge is 0.325 e. The number of hydrogen-bond acceptors (Lipinski definition) is 3. The number of halogens is 1. The Morgan fingerprint density at radius 1 is 0.893 bits per heavy atom. The van der Waals surface area contributed by atoms with Crippen molar-refractivity contribution in [3.8, 4) is 0 Å². The number of hydrogen-bond donors (Lipinski definition) is 2. The standard InChI is InChI=1S/C22H19FN2O2S/c1-15-3-2-4-16(13-15)22(27)25-19-9-11-20(12-10-19)28-14-21(26)24-18-7-5-17(23)6-8-18/h2-13H,14H2,1H3,(H,24,26)(H,25,27). The summed E-state index contributed by atoms with van der Waals surface area (Å²) in [6.07, 6.45) is 0. The third-order valence-electron chi connectivity index (χ3n) is 3.89. The van der Waals surface area contributed by atoms with E-state index in [0.29, 0.717) is 16.9 Å². The molecule has 2 N–H and O–H groups in total. The molecule has 3 aromatic rings. The molecule has 0 spiro atoms. The highest BCUT2D eigenvalue weighted by molar-refractivity contribution is 8.00. The van der Waals surface area contributed by atoms with Crippen LogP contribution >= 0.6 is 11.8 Å². The van der Waals surface area contributed by atoms with E-state index in [-0.39, 0.29) is 23.4 Å². The van der Waals surface area contributed by atoms with E-state index < -0.39 is 0 Å². The number of nitrogens with one attached hydrogen (secondary N) is 2. The van der Waals surface area contributed by atoms with Gasteiger partial charge in [0.15, 0.2) is 0 Å². The van der Waals surface area contributed by atoms with Crippen molar-refractivity contribution in [2.45, 2.75) is 11.8 Å². The van der Waals surface area contributed by atoms with Crippen molar-refractivity contribution in [1.82, 2.24) is 0 Å². The van der Waals surface area contributed by atoms with E-state index in [1.165, 1.54) is 36.0 Å². The van der Waals surface area contributed by atoms with Gasteiger partial charge in [0.2, 0.25) is 5.91 Å². The van der Waals surface area contributed by atoms with Crippen LogP contribution in [0.15, 0.2) is 77.7 Å². The number of aryl methyl sites for hydroxylation is 1. The van der Waals surface area contributed by atoms with Crippen LogP contribution < -0.4 is 10.6 Å². The van der Waals surface area contributed by atoms with E-state index >= 15 is 0 Å². The molecule has 0 heterocycles. The van der Waals surface area contributed by atoms with Gasteiger partial charge in [0.25, 0.3) is 5.91 Å². The molecule has 0 radical (unpaired) electrons. The van der Waals surface area contributed by atoms with Gasteiger partial charge in [-0.15, -0.1) is 11.8 Å². The average molecular weight is 394 g/mol. The average Bonchev–Trinajstić information content (AvgIpc) is 2.69. The Morgan fingerprint density at radius 3 is 2.21 bits per heavy atom. The molecule has 0 atom stereocenters. The third-order valence-corrected chi connectivity index (χ3v) is 4.90. The van der Waals surface area contributed by atoms with Crippen LogP contribution in [-0.2, 0) is 4.79 Å². The maximum atomic E-state index is 12.9. The summed E-state index contributed by atoms with van der Waals surface area (Å²) in [5.41, 5.74) is 2.88. The zero-order valence-corrected chi connectivity index (χ0v) is 16.1. The first-order valence-electron chi connectivity index (χ1n) is 8.66. The minimum Gasteiger partial charge on any atom is -0.325 e. The lowest BCUT2D eigenvalue weighted by atomic mass is 10.1. The SMILES string of the molecule is Cc1cccc(C(=O)Nc2ccc(SCC(=O)Nc3ccc(F)cc3)cc2)c1. The second kappa shape index (κ2) is 9.19. The Labute approximate surface area is 167 Å². The molecule has 0 aliphatic heterocycles. The summed E-state index contributed by atoms with van der Waals surface area (Å²) in [6, 6.07) is 20.3. The van der Waals surface area contributed by atoms with Crippen molar-refractivity contribution in [3.05, 3.63) is 89.7 Å². The molecule has 2 amide bonds. The van der Waals surface area contributed by atoms with Crippen LogP contribution in [0.25, 0.3) is 0 Å². The summed E-state index contributed by atoms with van der Waals surface area (Å²) in [6.45, 7) is 1.94. The molecule has 0 saturated heterocycles. The summed E-state index contributed by atoms with van der Waals surface area (Å²) < 4.78 is 12.9. The Kier molecular flexibility index (Phi) is 6.45. The van der Waals surface area contributed by atoms with Crippen LogP contribution in [0.3, 0.4) is 0 Å². The van der Waals surface area contributed by atoms with Gasteiger partial charge in [-0.2, -0.15) is 0 Å². The summed E-state index contributed by atoms with van der Waals surface area (Å²) >= 11 is 1.38. The zero-order valence-electron chi connectivity index (χ0n) is 15.2. The summed E-state index contributed by atoms with van der Waals surface area (Å²) in [7, 11) is 0. The molecule has 0 saturated carbocycles. The van der Waals surface area contributed by atoms with Crippen LogP contribution in [0, 0.1) is 12.7 Å². The predicted molar refractivity (Wildman–Crippen MR) is 111 cm³/mol. The van der Waals surface area contributed by atoms with Crippen molar-refractivity contribution in [3.63, 3.8) is 0 Å². The smallest absolute Gasteiger partial charge is 0.255 e. The highest BCUT2D eigenvalue weighted by atomic mass is 32.2. The second-order valence-electron chi connectivity index (χ2n) is 6.19. The monoisotopic (exact) mass is 394 g/mol. The van der Waals surface area contributed by atoms with E-state index in [4.69, 9.17) is 0 Å². The minimum atomic E-state index is -0.345. The molecule has 0 aliphatic carbocycles. The lowest BCUT2D eigenvalue weighted by molar-refractivity contribution is -0.113. The molecule has 0 aliphatic rings. The normalized spacial score (nSPS) is 10.4. The number of amides is 2. The van der Waals surface area contributed by atoms with Gasteiger partial charge in [-0.25, -0.2) is 4.39 Å². The molecule has 0 aromatic heterocycles. The highest BCUT2D eigenvalue weighted by Gasteiger charge is 2.07. The number of anilines is 2. The molecule has 0 unspecified atom stereocenters. The molecule has 142 valence electrons. The van der Waals surface area contributed by atoms with Crippen LogP contribution in [0.4, 0.5) is 15.8 Å². The molecular weight excluding hydrogens is 375 g/mol. The van der Waals surface area contributed by atoms with Crippen molar-refractivity contribution < 1.29 is 14.0 Å². The van der Waals surface area contributed by atoms with Gasteiger partial charge < -0.3 is 10.6 Å². The number of carbonyl (C=O) groups is 2. The number of thioether (sulfide) groups is 1. The van der Waals surface area contributed by atoms with Crippen molar-refractivity contribution in [2.24, 2.45) is 0 Å². The van der Waals surface area contributed by atoms with E-state index in [1.54, 1.807) is 18.2 Å². The summed E-state index contributed by atoms with van der Waals surface area (Å²) in [4.78, 5) is 25.2. The van der Waals surface area contributed by atoms with E-state index in [9.17, 15) is 14.0 Å². The van der Waals surface area contributed by atoms with E-state index in [1.807, 2.05) is 37.3 Å². The molecule has 0 bridgehead atoms. The van der Waals surface area contributed by atoms with Crippen molar-refractivity contribution >= 4 is 35.0 Å². The van der Waals surface area contributed by atoms with Gasteiger partial charge in [0.05, 0.1) is 5.75 Å². The molecule has 3 rings (SSSR count). The first kappa shape index (κ1) is 19.6. The van der Waals surface area contributed by atoms with E-state index in [2.05, 4.69) is 10.6 Å². The maximum absolute atomic E-state index is 12.9. The van der Waals surface area contributed by atoms with E-state index in [0.717, 1.165) is 10.5 Å². The molecule has 28 heavy (non-hydrogen) atoms. The first-order chi connectivity index (χ1) is 13.5. The molecule has 3 aromatic carbocycles. The van der Waals surface area contributed by atoms with Crippen molar-refractivity contribution in [2.75, 3.05) is 16.4 Å². The van der Waals surface area contributed by atoms with Gasteiger partial charge in [0.1, 0.15) is 5.82 Å². The molecular formula is C22H19FN2O2S. The quantitative estimate of drug-likeness (QED) is 0.571. The molecule has 6 heteroatoms. The van der Waals surface area contributed by atoms with Gasteiger partial charge >= 0.3 is 0 Å². The summed E-state index contributed by atoms with van der Waals surface area (Å²) in [5, 5.41) is 5.57. The highest BCUT2D eigenvalue weighted by Crippen LogP contribution is 2.21. The Balaban J connectivity index is 1.50. The minimum absolute atomic E-state index is 0.164. The third kappa shape index (κ3) is 5.69. The second-order valence-corrected chi connectivity index (χ2v) is 7.24. The topological polar surface area (TPSA) is 58.2 Å². The van der Waals surface area contributed by atoms with Gasteiger partial charge in [-0.3, -0.25) is 9.59 Å². The van der Waals surface area contributed by atoms with Crippen LogP contribution in [-0.4, -0.2) is 17.6 Å². The molecule has 4 nitrogen and oxygen atoms in total. The van der Waals surface area contributed by atoms with Gasteiger partial charge in [-0.05, 0) is 67.6 Å². The summed E-state index contributed by atoms with van der Waals surface area (Å²) in [5.74, 6) is -0.454. The lowest BCUT2D eigenvalue weighted by Crippen LogP contribution is -2.14. The van der Waals surface area contributed by atoms with Gasteiger partial charge in [0, 0.05) is 21.8 Å². The number of carbonyl (C=O) groups excluding carboxylic acids is 2. The number of benzene rings is 3. The maximum Gasteiger partial charge on any atom is 0.255 e. The predicted octanol–water partition coefficient (Wildman–Crippen LogP) is 5.12. The fourth-order valence-electron chi connectivity index (χ4n) is 2.50. The van der Waals surface area contributed by atoms with Crippen LogP contribution in [0.2, 0.25) is 0 Å². The fourth-order valence-corrected chi connectivity index (χ4v) is 3.20. The van der Waals surface area contributed by atoms with Crippen LogP contribution in [0.5, 0.6) is 0 Å². The fraction of sp³-hybridized carbons (Fsp3) is 0.0909. The van der Waals surface area contributed by atoms with Crippen LogP contribution in [0.1, 0.15) is 15.9 Å². The van der Waals surface area contributed by atoms with Gasteiger partial charge in [-0.1, -0.05) is 17.7 Å². The Hall–Kier alpha value is -3.12. The zero-order chi connectivity index (χ0) is 19.9. The Morgan fingerprint density at radius 2 is 1.54 bits per heavy atom. The number of rotatable bonds is 6. The first-order valence-corrected chi connectivity index (χ1v) is 9.64. The van der Waals surface area contributed by atoms with Crippen molar-refractivity contribution in [1.29, 1.82) is 0 Å².